The van der Waals surface area contributed by atoms with Crippen LogP contribution in [-0.4, -0.2) is 27.2 Å². The van der Waals surface area contributed by atoms with Gasteiger partial charge < -0.3 is 10.3 Å². The first kappa shape index (κ1) is 12.1. The normalized spacial score (nSPS) is 10.3. The molecule has 2 N–H and O–H groups in total. The minimum Gasteiger partial charge on any atom is -0.352 e. The van der Waals surface area contributed by atoms with Gasteiger partial charge in [-0.2, -0.15) is 5.10 Å². The molecule has 0 fully saturated rings. The highest BCUT2D eigenvalue weighted by atomic mass is 16.2. The zero-order valence-corrected chi connectivity index (χ0v) is 10.0. The molecule has 2 aromatic rings. The van der Waals surface area contributed by atoms with Gasteiger partial charge in [-0.15, -0.1) is 0 Å². The smallest absolute Gasteiger partial charge is 0.251 e. The first-order chi connectivity index (χ1) is 8.65. The molecule has 0 aromatic carbocycles. The first-order valence-corrected chi connectivity index (χ1v) is 5.59. The molecule has 0 atom stereocenters. The largest absolute Gasteiger partial charge is 0.352 e. The summed E-state index contributed by atoms with van der Waals surface area (Å²) in [6.07, 6.45) is 5.83. The van der Waals surface area contributed by atoms with Crippen molar-refractivity contribution in [3.8, 4) is 0 Å². The van der Waals surface area contributed by atoms with Gasteiger partial charge in [0.1, 0.15) is 0 Å². The van der Waals surface area contributed by atoms with E-state index < -0.39 is 0 Å². The van der Waals surface area contributed by atoms with E-state index in [2.05, 4.69) is 15.4 Å². The third-order valence-electron chi connectivity index (χ3n) is 2.49. The van der Waals surface area contributed by atoms with Crippen LogP contribution in [0, 0.1) is 0 Å². The van der Waals surface area contributed by atoms with Gasteiger partial charge in [0.15, 0.2) is 0 Å². The van der Waals surface area contributed by atoms with Crippen molar-refractivity contribution < 1.29 is 4.79 Å². The maximum atomic E-state index is 11.7. The molecule has 94 valence electrons. The Hall–Kier alpha value is -2.37. The van der Waals surface area contributed by atoms with Crippen LogP contribution in [0.25, 0.3) is 0 Å². The lowest BCUT2D eigenvalue weighted by Gasteiger charge is -2.03. The Morgan fingerprint density at radius 1 is 1.56 bits per heavy atom. The molecule has 0 unspecified atom stereocenters. The number of aromatic amines is 1. The number of pyridine rings is 1. The number of hydrogen-bond donors (Lipinski definition) is 2. The van der Waals surface area contributed by atoms with Gasteiger partial charge in [-0.3, -0.25) is 14.3 Å². The first-order valence-electron chi connectivity index (χ1n) is 5.59. The van der Waals surface area contributed by atoms with Gasteiger partial charge in [-0.1, -0.05) is 0 Å². The van der Waals surface area contributed by atoms with Crippen molar-refractivity contribution in [3.63, 3.8) is 0 Å². The number of hydrogen-bond acceptors (Lipinski definition) is 3. The number of carbonyl (C=O) groups excluding carboxylic acids is 1. The van der Waals surface area contributed by atoms with Crippen molar-refractivity contribution in [1.29, 1.82) is 0 Å². The molecule has 0 saturated carbocycles. The number of aryl methyl sites for hydroxylation is 1. The molecule has 1 amide bonds. The molecule has 0 saturated heterocycles. The van der Waals surface area contributed by atoms with E-state index in [1.807, 2.05) is 13.2 Å². The van der Waals surface area contributed by atoms with Crippen LogP contribution in [0.2, 0.25) is 0 Å². The maximum absolute atomic E-state index is 11.7. The van der Waals surface area contributed by atoms with E-state index in [9.17, 15) is 9.59 Å². The molecular weight excluding hydrogens is 232 g/mol. The summed E-state index contributed by atoms with van der Waals surface area (Å²) < 4.78 is 1.72. The van der Waals surface area contributed by atoms with Crippen LogP contribution in [0.1, 0.15) is 15.9 Å². The van der Waals surface area contributed by atoms with E-state index in [0.717, 1.165) is 5.56 Å². The predicted octanol–water partition coefficient (Wildman–Crippen LogP) is 0.0809. The minimum atomic E-state index is -0.282. The second kappa shape index (κ2) is 5.31. The van der Waals surface area contributed by atoms with Gasteiger partial charge in [0.25, 0.3) is 5.91 Å². The molecule has 0 aliphatic heterocycles. The highest BCUT2D eigenvalue weighted by molar-refractivity contribution is 5.93. The molecular formula is C12H14N4O2. The van der Waals surface area contributed by atoms with E-state index in [1.54, 1.807) is 16.9 Å². The van der Waals surface area contributed by atoms with Crippen molar-refractivity contribution in [1.82, 2.24) is 20.1 Å². The van der Waals surface area contributed by atoms with Crippen LogP contribution in [0.15, 0.2) is 35.5 Å². The number of H-pyrrole nitrogens is 1. The van der Waals surface area contributed by atoms with E-state index >= 15 is 0 Å². The highest BCUT2D eigenvalue weighted by Crippen LogP contribution is 1.97. The number of amides is 1. The topological polar surface area (TPSA) is 79.8 Å². The maximum Gasteiger partial charge on any atom is 0.251 e. The Bertz CT molecular complexity index is 600. The Morgan fingerprint density at radius 3 is 3.06 bits per heavy atom. The monoisotopic (exact) mass is 246 g/mol. The van der Waals surface area contributed by atoms with Gasteiger partial charge in [-0.05, 0) is 18.1 Å². The zero-order valence-electron chi connectivity index (χ0n) is 10.0. The van der Waals surface area contributed by atoms with Crippen LogP contribution < -0.4 is 10.9 Å². The average Bonchev–Trinajstić information content (AvgIpc) is 2.75. The highest BCUT2D eigenvalue weighted by Gasteiger charge is 2.05. The molecule has 6 heteroatoms. The number of nitrogens with zero attached hydrogens (tertiary/aromatic N) is 2. The molecule has 0 aliphatic carbocycles. The number of carbonyl (C=O) groups is 1. The number of nitrogens with one attached hydrogen (secondary N) is 2. The fraction of sp³-hybridized carbons (Fsp3) is 0.250. The Kier molecular flexibility index (Phi) is 3.57. The molecule has 6 nitrogen and oxygen atoms in total. The fourth-order valence-corrected chi connectivity index (χ4v) is 1.61. The standard InChI is InChI=1S/C12H14N4O2/c1-16-8-9(7-15-16)2-4-14-12(18)10-3-5-13-11(17)6-10/h3,5-8H,2,4H2,1H3,(H,13,17)(H,14,18). The minimum absolute atomic E-state index is 0.245. The van der Waals surface area contributed by atoms with Crippen LogP contribution in [0.4, 0.5) is 0 Å². The van der Waals surface area contributed by atoms with Gasteiger partial charge in [0.05, 0.1) is 6.20 Å². The summed E-state index contributed by atoms with van der Waals surface area (Å²) >= 11 is 0. The summed E-state index contributed by atoms with van der Waals surface area (Å²) in [7, 11) is 1.85. The van der Waals surface area contributed by atoms with Gasteiger partial charge in [-0.25, -0.2) is 0 Å². The van der Waals surface area contributed by atoms with Crippen LogP contribution in [0.3, 0.4) is 0 Å². The van der Waals surface area contributed by atoms with Crippen molar-refractivity contribution in [3.05, 3.63) is 52.2 Å². The predicted molar refractivity (Wildman–Crippen MR) is 66.3 cm³/mol. The second-order valence-corrected chi connectivity index (χ2v) is 3.97. The lowest BCUT2D eigenvalue weighted by atomic mass is 10.2. The molecule has 2 heterocycles. The van der Waals surface area contributed by atoms with Crippen molar-refractivity contribution in [2.75, 3.05) is 6.54 Å². The summed E-state index contributed by atoms with van der Waals surface area (Å²) in [4.78, 5) is 25.2. The van der Waals surface area contributed by atoms with E-state index in [0.29, 0.717) is 18.5 Å². The van der Waals surface area contributed by atoms with E-state index in [4.69, 9.17) is 0 Å². The van der Waals surface area contributed by atoms with Gasteiger partial charge >= 0.3 is 0 Å². The number of aromatic nitrogens is 3. The molecule has 0 bridgehead atoms. The van der Waals surface area contributed by atoms with Gasteiger partial charge in [0, 0.05) is 37.6 Å². The van der Waals surface area contributed by atoms with Gasteiger partial charge in [0.2, 0.25) is 5.56 Å². The quantitative estimate of drug-likeness (QED) is 0.801. The molecule has 2 aromatic heterocycles. The Morgan fingerprint density at radius 2 is 2.39 bits per heavy atom. The number of rotatable bonds is 4. The lowest BCUT2D eigenvalue weighted by Crippen LogP contribution is -2.26. The Balaban J connectivity index is 1.87. The van der Waals surface area contributed by atoms with E-state index in [1.165, 1.54) is 12.3 Å². The van der Waals surface area contributed by atoms with E-state index in [-0.39, 0.29) is 11.5 Å². The van der Waals surface area contributed by atoms with Crippen LogP contribution >= 0.6 is 0 Å². The second-order valence-electron chi connectivity index (χ2n) is 3.97. The van der Waals surface area contributed by atoms with Crippen LogP contribution in [-0.2, 0) is 13.5 Å². The third-order valence-corrected chi connectivity index (χ3v) is 2.49. The molecule has 18 heavy (non-hydrogen) atoms. The Labute approximate surface area is 104 Å². The summed E-state index contributed by atoms with van der Waals surface area (Å²) in [6, 6.07) is 2.85. The van der Waals surface area contributed by atoms with Crippen molar-refractivity contribution in [2.45, 2.75) is 6.42 Å². The summed E-state index contributed by atoms with van der Waals surface area (Å²) in [5.41, 5.74) is 1.14. The van der Waals surface area contributed by atoms with Crippen molar-refractivity contribution >= 4 is 5.91 Å². The fourth-order valence-electron chi connectivity index (χ4n) is 1.61. The zero-order chi connectivity index (χ0) is 13.0. The van der Waals surface area contributed by atoms with Crippen molar-refractivity contribution in [2.24, 2.45) is 7.05 Å². The molecule has 0 aliphatic rings. The molecule has 0 spiro atoms. The molecule has 2 rings (SSSR count). The lowest BCUT2D eigenvalue weighted by molar-refractivity contribution is 0.0954. The SMILES string of the molecule is Cn1cc(CCNC(=O)c2cc[nH]c(=O)c2)cn1. The molecule has 0 radical (unpaired) electrons. The summed E-state index contributed by atoms with van der Waals surface area (Å²) in [5, 5.41) is 6.80. The average molecular weight is 246 g/mol. The third kappa shape index (κ3) is 3.07. The summed E-state index contributed by atoms with van der Waals surface area (Å²) in [6.45, 7) is 0.511. The summed E-state index contributed by atoms with van der Waals surface area (Å²) in [5.74, 6) is -0.245. The van der Waals surface area contributed by atoms with Crippen LogP contribution in [0.5, 0.6) is 0 Å².